The van der Waals surface area contributed by atoms with Crippen molar-refractivity contribution < 1.29 is 8.42 Å². The Balaban J connectivity index is 3.13. The fraction of sp³-hybridized carbons (Fsp3) is 0.583. The monoisotopic (exact) mass is 286 g/mol. The molecule has 0 spiro atoms. The number of nitrogens with one attached hydrogen (secondary N) is 1. The van der Waals surface area contributed by atoms with Crippen LogP contribution in [0.5, 0.6) is 0 Å². The minimum Gasteiger partial charge on any atom is -0.323 e. The van der Waals surface area contributed by atoms with Crippen LogP contribution >= 0.6 is 0 Å². The molecule has 1 aromatic heterocycles. The molecule has 3 N–H and O–H groups in total. The van der Waals surface area contributed by atoms with Gasteiger partial charge in [-0.25, -0.2) is 8.42 Å². The van der Waals surface area contributed by atoms with E-state index in [9.17, 15) is 8.42 Å². The van der Waals surface area contributed by atoms with Gasteiger partial charge in [0.1, 0.15) is 4.90 Å². The molecule has 0 aliphatic rings. The molecule has 0 fully saturated rings. The minimum atomic E-state index is -3.57. The molecule has 0 aliphatic heterocycles. The fourth-order valence-electron chi connectivity index (χ4n) is 1.72. The summed E-state index contributed by atoms with van der Waals surface area (Å²) in [4.78, 5) is 3.99. The molecule has 1 atom stereocenters. The Morgan fingerprint density at radius 1 is 1.47 bits per heavy atom. The number of nitrogen functional groups attached to an aromatic ring is 1. The molecule has 0 aromatic carbocycles. The van der Waals surface area contributed by atoms with Gasteiger partial charge in [-0.3, -0.25) is 10.8 Å². The van der Waals surface area contributed by atoms with Gasteiger partial charge in [0.2, 0.25) is 10.0 Å². The van der Waals surface area contributed by atoms with Crippen LogP contribution in [-0.4, -0.2) is 30.8 Å². The summed E-state index contributed by atoms with van der Waals surface area (Å²) in [7, 11) is -3.57. The van der Waals surface area contributed by atoms with Gasteiger partial charge in [0.15, 0.2) is 0 Å². The zero-order valence-corrected chi connectivity index (χ0v) is 12.4. The number of rotatable bonds is 7. The maximum Gasteiger partial charge on any atom is 0.246 e. The Kier molecular flexibility index (Phi) is 5.71. The quantitative estimate of drug-likeness (QED) is 0.584. The molecule has 0 aliphatic carbocycles. The number of anilines is 1. The fourth-order valence-corrected chi connectivity index (χ4v) is 3.39. The predicted octanol–water partition coefficient (Wildman–Crippen LogP) is 1.42. The van der Waals surface area contributed by atoms with Gasteiger partial charge in [-0.15, -0.1) is 0 Å². The Morgan fingerprint density at radius 2 is 2.16 bits per heavy atom. The van der Waals surface area contributed by atoms with E-state index in [1.807, 2.05) is 20.8 Å². The summed E-state index contributed by atoms with van der Waals surface area (Å²) in [6, 6.07) is 1.55. The van der Waals surface area contributed by atoms with Crippen molar-refractivity contribution in [2.24, 2.45) is 11.8 Å². The molecule has 0 radical (unpaired) electrons. The highest BCUT2D eigenvalue weighted by atomic mass is 32.2. The Labute approximate surface area is 115 Å². The summed E-state index contributed by atoms with van der Waals surface area (Å²) in [5, 5.41) is 0. The average Bonchev–Trinajstić information content (AvgIpc) is 2.43. The average molecular weight is 286 g/mol. The lowest BCUT2D eigenvalue weighted by Gasteiger charge is -2.24. The van der Waals surface area contributed by atoms with E-state index in [1.165, 1.54) is 16.7 Å². The molecule has 6 nitrogen and oxygen atoms in total. The van der Waals surface area contributed by atoms with Gasteiger partial charge in [0.05, 0.1) is 5.69 Å². The van der Waals surface area contributed by atoms with Crippen LogP contribution in [0.4, 0.5) is 5.69 Å². The van der Waals surface area contributed by atoms with E-state index in [2.05, 4.69) is 10.4 Å². The summed E-state index contributed by atoms with van der Waals surface area (Å²) in [5.74, 6) is 5.66. The number of sulfonamides is 1. The minimum absolute atomic E-state index is 0.114. The van der Waals surface area contributed by atoms with E-state index >= 15 is 0 Å². The molecule has 0 saturated carbocycles. The Bertz CT molecular complexity index is 504. The molecule has 0 saturated heterocycles. The van der Waals surface area contributed by atoms with Gasteiger partial charge in [-0.05, 0) is 12.0 Å². The third-order valence-electron chi connectivity index (χ3n) is 3.12. The molecule has 1 unspecified atom stereocenters. The maximum atomic E-state index is 12.6. The Morgan fingerprint density at radius 3 is 2.68 bits per heavy atom. The van der Waals surface area contributed by atoms with Crippen LogP contribution in [0, 0.1) is 5.92 Å². The van der Waals surface area contributed by atoms with Gasteiger partial charge >= 0.3 is 0 Å². The number of aromatic nitrogens is 1. The number of pyridine rings is 1. The first-order valence-corrected chi connectivity index (χ1v) is 7.82. The lowest BCUT2D eigenvalue weighted by atomic mass is 10.1. The van der Waals surface area contributed by atoms with Crippen molar-refractivity contribution in [3.63, 3.8) is 0 Å². The highest BCUT2D eigenvalue weighted by molar-refractivity contribution is 7.89. The van der Waals surface area contributed by atoms with Crippen molar-refractivity contribution in [2.75, 3.05) is 18.5 Å². The van der Waals surface area contributed by atoms with Crippen LogP contribution in [-0.2, 0) is 10.0 Å². The van der Waals surface area contributed by atoms with Gasteiger partial charge in [-0.2, -0.15) is 4.31 Å². The van der Waals surface area contributed by atoms with E-state index in [4.69, 9.17) is 5.84 Å². The normalized spacial score (nSPS) is 13.5. The first-order valence-electron chi connectivity index (χ1n) is 6.38. The molecule has 1 rings (SSSR count). The van der Waals surface area contributed by atoms with Crippen molar-refractivity contribution in [3.8, 4) is 0 Å². The largest absolute Gasteiger partial charge is 0.323 e. The van der Waals surface area contributed by atoms with Crippen molar-refractivity contribution in [1.82, 2.24) is 9.29 Å². The number of nitrogens with two attached hydrogens (primary N) is 1. The molecule has 19 heavy (non-hydrogen) atoms. The van der Waals surface area contributed by atoms with Crippen molar-refractivity contribution in [1.29, 1.82) is 0 Å². The standard InChI is InChI=1S/C12H22N4O2S/c1-4-10(3)9-16(5-2)19(17,18)12-8-14-7-6-11(12)15-13/h6-8,10H,4-5,9,13H2,1-3H3,(H,14,15). The van der Waals surface area contributed by atoms with E-state index in [1.54, 1.807) is 6.07 Å². The topological polar surface area (TPSA) is 88.3 Å². The zero-order valence-electron chi connectivity index (χ0n) is 11.6. The molecular weight excluding hydrogens is 264 g/mol. The van der Waals surface area contributed by atoms with Gasteiger partial charge in [-0.1, -0.05) is 27.2 Å². The molecule has 0 bridgehead atoms. The second-order valence-electron chi connectivity index (χ2n) is 4.49. The van der Waals surface area contributed by atoms with Crippen molar-refractivity contribution in [3.05, 3.63) is 18.5 Å². The molecular formula is C12H22N4O2S. The number of hydrogen-bond acceptors (Lipinski definition) is 5. The molecule has 1 aromatic rings. The van der Waals surface area contributed by atoms with E-state index < -0.39 is 10.0 Å². The van der Waals surface area contributed by atoms with Gasteiger partial charge in [0, 0.05) is 25.5 Å². The van der Waals surface area contributed by atoms with Crippen LogP contribution < -0.4 is 11.3 Å². The van der Waals surface area contributed by atoms with Crippen LogP contribution in [0.15, 0.2) is 23.4 Å². The van der Waals surface area contributed by atoms with E-state index in [-0.39, 0.29) is 4.90 Å². The van der Waals surface area contributed by atoms with E-state index in [0.717, 1.165) is 6.42 Å². The second-order valence-corrected chi connectivity index (χ2v) is 6.39. The van der Waals surface area contributed by atoms with Crippen LogP contribution in [0.2, 0.25) is 0 Å². The summed E-state index contributed by atoms with van der Waals surface area (Å²) >= 11 is 0. The third kappa shape index (κ3) is 3.65. The molecule has 0 amide bonds. The second kappa shape index (κ2) is 6.83. The van der Waals surface area contributed by atoms with Gasteiger partial charge in [0.25, 0.3) is 0 Å². The highest BCUT2D eigenvalue weighted by Gasteiger charge is 2.26. The summed E-state index contributed by atoms with van der Waals surface area (Å²) in [5.41, 5.74) is 2.76. The molecule has 108 valence electrons. The SMILES string of the molecule is CCC(C)CN(CC)S(=O)(=O)c1cnccc1NN. The highest BCUT2D eigenvalue weighted by Crippen LogP contribution is 2.23. The zero-order chi connectivity index (χ0) is 14.5. The first kappa shape index (κ1) is 15.9. The summed E-state index contributed by atoms with van der Waals surface area (Å²) in [6.07, 6.45) is 3.75. The number of nitrogens with zero attached hydrogens (tertiary/aromatic N) is 2. The smallest absolute Gasteiger partial charge is 0.246 e. The number of hydrogen-bond donors (Lipinski definition) is 2. The Hall–Kier alpha value is -1.18. The summed E-state index contributed by atoms with van der Waals surface area (Å²) in [6.45, 7) is 6.82. The van der Waals surface area contributed by atoms with Gasteiger partial charge < -0.3 is 5.43 Å². The van der Waals surface area contributed by atoms with Crippen LogP contribution in [0.1, 0.15) is 27.2 Å². The summed E-state index contributed by atoms with van der Waals surface area (Å²) < 4.78 is 26.6. The van der Waals surface area contributed by atoms with E-state index in [0.29, 0.717) is 24.7 Å². The van der Waals surface area contributed by atoms with Crippen LogP contribution in [0.3, 0.4) is 0 Å². The third-order valence-corrected chi connectivity index (χ3v) is 5.09. The van der Waals surface area contributed by atoms with Crippen LogP contribution in [0.25, 0.3) is 0 Å². The molecule has 1 heterocycles. The lowest BCUT2D eigenvalue weighted by Crippen LogP contribution is -2.35. The van der Waals surface area contributed by atoms with Crippen molar-refractivity contribution >= 4 is 15.7 Å². The molecule has 7 heteroatoms. The number of hydrazine groups is 1. The van der Waals surface area contributed by atoms with Crippen molar-refractivity contribution in [2.45, 2.75) is 32.1 Å². The lowest BCUT2D eigenvalue weighted by molar-refractivity contribution is 0.361. The first-order chi connectivity index (χ1) is 8.97. The predicted molar refractivity (Wildman–Crippen MR) is 75.9 cm³/mol. The maximum absolute atomic E-state index is 12.6.